The Balaban J connectivity index is 1.42. The Kier molecular flexibility index (Phi) is 5.08. The van der Waals surface area contributed by atoms with Crippen molar-refractivity contribution in [1.29, 1.82) is 0 Å². The van der Waals surface area contributed by atoms with Crippen LogP contribution in [-0.2, 0) is 6.54 Å². The van der Waals surface area contributed by atoms with Gasteiger partial charge in [0, 0.05) is 49.9 Å². The first-order valence-electron chi connectivity index (χ1n) is 10.3. The predicted molar refractivity (Wildman–Crippen MR) is 121 cm³/mol. The summed E-state index contributed by atoms with van der Waals surface area (Å²) in [4.78, 5) is 7.14. The average Bonchev–Trinajstić information content (AvgIpc) is 2.80. The number of aromatic nitrogens is 1. The zero-order valence-corrected chi connectivity index (χ0v) is 16.5. The smallest absolute Gasteiger partial charge is 0.0702 e. The summed E-state index contributed by atoms with van der Waals surface area (Å²) < 4.78 is 0. The fourth-order valence-corrected chi connectivity index (χ4v) is 4.12. The van der Waals surface area contributed by atoms with Crippen LogP contribution in [-0.4, -0.2) is 36.1 Å². The van der Waals surface area contributed by atoms with E-state index in [9.17, 15) is 0 Å². The molecular weight excluding hydrogens is 354 g/mol. The van der Waals surface area contributed by atoms with E-state index in [1.54, 1.807) is 0 Å². The normalized spacial score (nSPS) is 14.9. The van der Waals surface area contributed by atoms with Gasteiger partial charge in [0.05, 0.1) is 5.52 Å². The van der Waals surface area contributed by atoms with Crippen LogP contribution in [0.5, 0.6) is 0 Å². The van der Waals surface area contributed by atoms with Gasteiger partial charge in [-0.3, -0.25) is 9.88 Å². The van der Waals surface area contributed by atoms with Gasteiger partial charge in [-0.2, -0.15) is 0 Å². The van der Waals surface area contributed by atoms with Crippen molar-refractivity contribution in [3.8, 4) is 22.3 Å². The van der Waals surface area contributed by atoms with Gasteiger partial charge in [-0.05, 0) is 34.4 Å². The second kappa shape index (κ2) is 8.16. The third-order valence-corrected chi connectivity index (χ3v) is 5.74. The largest absolute Gasteiger partial charge is 0.314 e. The zero-order valence-electron chi connectivity index (χ0n) is 16.5. The Labute approximate surface area is 172 Å². The van der Waals surface area contributed by atoms with Crippen molar-refractivity contribution >= 4 is 10.9 Å². The lowest BCUT2D eigenvalue weighted by Gasteiger charge is -2.28. The van der Waals surface area contributed by atoms with E-state index in [-0.39, 0.29) is 0 Å². The molecule has 5 rings (SSSR count). The molecule has 0 saturated carbocycles. The van der Waals surface area contributed by atoms with Gasteiger partial charge in [-0.1, -0.05) is 66.7 Å². The van der Waals surface area contributed by atoms with Crippen molar-refractivity contribution in [2.24, 2.45) is 0 Å². The Morgan fingerprint density at radius 1 is 0.759 bits per heavy atom. The number of nitrogens with one attached hydrogen (secondary N) is 1. The molecule has 0 spiro atoms. The molecule has 29 heavy (non-hydrogen) atoms. The number of piperazine rings is 1. The average molecular weight is 380 g/mol. The van der Waals surface area contributed by atoms with Gasteiger partial charge in [0.2, 0.25) is 0 Å². The molecule has 0 aliphatic carbocycles. The van der Waals surface area contributed by atoms with Gasteiger partial charge in [0.25, 0.3) is 0 Å². The van der Waals surface area contributed by atoms with Crippen LogP contribution < -0.4 is 5.32 Å². The second-order valence-electron chi connectivity index (χ2n) is 7.68. The monoisotopic (exact) mass is 379 g/mol. The van der Waals surface area contributed by atoms with Gasteiger partial charge >= 0.3 is 0 Å². The number of hydrogen-bond donors (Lipinski definition) is 1. The second-order valence-corrected chi connectivity index (χ2v) is 7.68. The first-order chi connectivity index (χ1) is 14.4. The third kappa shape index (κ3) is 3.93. The Morgan fingerprint density at radius 3 is 2.34 bits per heavy atom. The van der Waals surface area contributed by atoms with Crippen LogP contribution in [0.3, 0.4) is 0 Å². The lowest BCUT2D eigenvalue weighted by atomic mass is 9.96. The van der Waals surface area contributed by atoms with Gasteiger partial charge < -0.3 is 5.32 Å². The van der Waals surface area contributed by atoms with E-state index >= 15 is 0 Å². The Bertz CT molecular complexity index is 1110. The van der Waals surface area contributed by atoms with Crippen LogP contribution in [0, 0.1) is 0 Å². The summed E-state index contributed by atoms with van der Waals surface area (Å²) in [5.74, 6) is 0. The fourth-order valence-electron chi connectivity index (χ4n) is 4.12. The standard InChI is InChI=1S/C26H25N3/c1-3-7-25(23(6-1)19-29-15-13-27-14-16-29)21-11-9-20(10-12-21)24-17-22-5-2-4-8-26(22)28-18-24/h1-12,17-18,27H,13-16,19H2. The van der Waals surface area contributed by atoms with Crippen molar-refractivity contribution in [2.45, 2.75) is 6.54 Å². The number of benzene rings is 3. The summed E-state index contributed by atoms with van der Waals surface area (Å²) in [5, 5.41) is 4.61. The van der Waals surface area contributed by atoms with Gasteiger partial charge in [-0.25, -0.2) is 0 Å². The molecule has 1 saturated heterocycles. The number of rotatable bonds is 4. The van der Waals surface area contributed by atoms with E-state index in [1.165, 1.54) is 27.6 Å². The van der Waals surface area contributed by atoms with E-state index in [1.807, 2.05) is 12.3 Å². The number of pyridine rings is 1. The van der Waals surface area contributed by atoms with Crippen LogP contribution >= 0.6 is 0 Å². The minimum Gasteiger partial charge on any atom is -0.314 e. The van der Waals surface area contributed by atoms with E-state index in [0.717, 1.165) is 43.8 Å². The van der Waals surface area contributed by atoms with Crippen LogP contribution in [0.1, 0.15) is 5.56 Å². The lowest BCUT2D eigenvalue weighted by molar-refractivity contribution is 0.233. The van der Waals surface area contributed by atoms with E-state index in [2.05, 4.69) is 88.0 Å². The fraction of sp³-hybridized carbons (Fsp3) is 0.192. The molecule has 4 aromatic rings. The van der Waals surface area contributed by atoms with Crippen molar-refractivity contribution in [2.75, 3.05) is 26.2 Å². The molecule has 1 aliphatic rings. The van der Waals surface area contributed by atoms with E-state index < -0.39 is 0 Å². The summed E-state index contributed by atoms with van der Waals surface area (Å²) in [7, 11) is 0. The molecule has 0 amide bonds. The molecule has 0 bridgehead atoms. The first-order valence-corrected chi connectivity index (χ1v) is 10.3. The Hall–Kier alpha value is -3.01. The van der Waals surface area contributed by atoms with Crippen LogP contribution in [0.4, 0.5) is 0 Å². The topological polar surface area (TPSA) is 28.2 Å². The first kappa shape index (κ1) is 18.0. The number of nitrogens with zero attached hydrogens (tertiary/aromatic N) is 2. The van der Waals surface area contributed by atoms with Gasteiger partial charge in [-0.15, -0.1) is 0 Å². The highest BCUT2D eigenvalue weighted by Crippen LogP contribution is 2.29. The van der Waals surface area contributed by atoms with E-state index in [0.29, 0.717) is 0 Å². The summed E-state index contributed by atoms with van der Waals surface area (Å²) in [6.07, 6.45) is 1.97. The molecule has 144 valence electrons. The van der Waals surface area contributed by atoms with Crippen LogP contribution in [0.2, 0.25) is 0 Å². The minimum absolute atomic E-state index is 1.01. The molecule has 3 aromatic carbocycles. The highest BCUT2D eigenvalue weighted by Gasteiger charge is 2.13. The maximum absolute atomic E-state index is 4.61. The molecular formula is C26H25N3. The SMILES string of the molecule is c1ccc(-c2ccc(-c3cnc4ccccc4c3)cc2)c(CN2CCNCC2)c1. The van der Waals surface area contributed by atoms with Crippen molar-refractivity contribution in [1.82, 2.24) is 15.2 Å². The number of hydrogen-bond acceptors (Lipinski definition) is 3. The number of para-hydroxylation sites is 1. The lowest BCUT2D eigenvalue weighted by Crippen LogP contribution is -2.42. The summed E-state index contributed by atoms with van der Waals surface area (Å²) in [5.41, 5.74) is 7.39. The van der Waals surface area contributed by atoms with Crippen LogP contribution in [0.25, 0.3) is 33.2 Å². The van der Waals surface area contributed by atoms with Crippen molar-refractivity contribution in [3.05, 3.63) is 90.6 Å². The molecule has 1 fully saturated rings. The summed E-state index contributed by atoms with van der Waals surface area (Å²) in [6, 6.07) is 28.2. The third-order valence-electron chi connectivity index (χ3n) is 5.74. The molecule has 1 aliphatic heterocycles. The molecule has 0 unspecified atom stereocenters. The van der Waals surface area contributed by atoms with Gasteiger partial charge in [0.15, 0.2) is 0 Å². The highest BCUT2D eigenvalue weighted by molar-refractivity contribution is 5.84. The molecule has 1 aromatic heterocycles. The van der Waals surface area contributed by atoms with Crippen LogP contribution in [0.15, 0.2) is 85.1 Å². The van der Waals surface area contributed by atoms with E-state index in [4.69, 9.17) is 0 Å². The quantitative estimate of drug-likeness (QED) is 0.542. The predicted octanol–water partition coefficient (Wildman–Crippen LogP) is 4.97. The Morgan fingerprint density at radius 2 is 1.48 bits per heavy atom. The minimum atomic E-state index is 1.01. The molecule has 0 radical (unpaired) electrons. The maximum Gasteiger partial charge on any atom is 0.0702 e. The molecule has 2 heterocycles. The maximum atomic E-state index is 4.61. The summed E-state index contributed by atoms with van der Waals surface area (Å²) in [6.45, 7) is 5.39. The number of fused-ring (bicyclic) bond motifs is 1. The van der Waals surface area contributed by atoms with Crippen molar-refractivity contribution in [3.63, 3.8) is 0 Å². The highest BCUT2D eigenvalue weighted by atomic mass is 15.2. The van der Waals surface area contributed by atoms with Gasteiger partial charge in [0.1, 0.15) is 0 Å². The van der Waals surface area contributed by atoms with Crippen molar-refractivity contribution < 1.29 is 0 Å². The molecule has 3 heteroatoms. The summed E-state index contributed by atoms with van der Waals surface area (Å²) >= 11 is 0. The molecule has 3 nitrogen and oxygen atoms in total. The molecule has 0 atom stereocenters. The molecule has 1 N–H and O–H groups in total. The zero-order chi connectivity index (χ0) is 19.5.